The molecule has 1 aromatic heterocycles. The number of furan rings is 1. The molecule has 1 heterocycles. The van der Waals surface area contributed by atoms with Gasteiger partial charge in [-0.25, -0.2) is 0 Å². The molecule has 0 atom stereocenters. The SMILES string of the molecule is c1ccc(-c2ccc3cc(N(c4ccccc4)c4ccc5c(c4)oc4cc(-c6ccccc6)c6ccccc6c45)ccc3c2)cc1. The van der Waals surface area contributed by atoms with Gasteiger partial charge in [-0.15, -0.1) is 0 Å². The lowest BCUT2D eigenvalue weighted by Gasteiger charge is -2.25. The van der Waals surface area contributed by atoms with E-state index in [1.165, 1.54) is 43.8 Å². The summed E-state index contributed by atoms with van der Waals surface area (Å²) in [5.41, 5.74) is 9.82. The van der Waals surface area contributed by atoms with E-state index in [2.05, 4.69) is 181 Å². The molecule has 9 aromatic rings. The number of hydrogen-bond acceptors (Lipinski definition) is 2. The van der Waals surface area contributed by atoms with E-state index < -0.39 is 0 Å². The molecular formula is C44H29NO. The summed E-state index contributed by atoms with van der Waals surface area (Å²) in [5, 5.41) is 7.12. The Kier molecular flexibility index (Phi) is 6.17. The molecule has 0 aliphatic heterocycles. The molecule has 0 fully saturated rings. The van der Waals surface area contributed by atoms with Crippen LogP contribution >= 0.6 is 0 Å². The molecule has 0 radical (unpaired) electrons. The molecular weight excluding hydrogens is 558 g/mol. The van der Waals surface area contributed by atoms with Gasteiger partial charge in [0, 0.05) is 33.9 Å². The summed E-state index contributed by atoms with van der Waals surface area (Å²) in [5.74, 6) is 0. The van der Waals surface area contributed by atoms with Crippen LogP contribution in [0.3, 0.4) is 0 Å². The minimum absolute atomic E-state index is 0.872. The van der Waals surface area contributed by atoms with Crippen molar-refractivity contribution in [3.05, 3.63) is 176 Å². The van der Waals surface area contributed by atoms with Crippen LogP contribution in [0.15, 0.2) is 180 Å². The summed E-state index contributed by atoms with van der Waals surface area (Å²) in [6.45, 7) is 0. The van der Waals surface area contributed by atoms with Crippen molar-refractivity contribution < 1.29 is 4.42 Å². The third-order valence-electron chi connectivity index (χ3n) is 9.01. The molecule has 0 spiro atoms. The van der Waals surface area contributed by atoms with Gasteiger partial charge in [0.05, 0.1) is 0 Å². The van der Waals surface area contributed by atoms with E-state index in [4.69, 9.17) is 4.42 Å². The molecule has 0 bridgehead atoms. The fourth-order valence-corrected chi connectivity index (χ4v) is 6.83. The lowest BCUT2D eigenvalue weighted by Crippen LogP contribution is -2.09. The standard InChI is InChI=1S/C44H29NO/c1-4-12-30(13-5-1)32-20-21-34-27-36(23-22-33(34)26-32)45(35-16-8-3-9-17-35)37-24-25-40-42(28-37)46-43-29-41(31-14-6-2-7-15-31)38-18-10-11-19-39(38)44(40)43/h1-29H. The average Bonchev–Trinajstić information content (AvgIpc) is 3.50. The van der Waals surface area contributed by atoms with Crippen molar-refractivity contribution in [2.75, 3.05) is 4.90 Å². The van der Waals surface area contributed by atoms with E-state index >= 15 is 0 Å². The maximum atomic E-state index is 6.68. The van der Waals surface area contributed by atoms with Gasteiger partial charge in [0.15, 0.2) is 0 Å². The second-order valence-electron chi connectivity index (χ2n) is 11.8. The van der Waals surface area contributed by atoms with Crippen LogP contribution in [0, 0.1) is 0 Å². The van der Waals surface area contributed by atoms with Crippen molar-refractivity contribution in [3.63, 3.8) is 0 Å². The van der Waals surface area contributed by atoms with Crippen LogP contribution < -0.4 is 4.90 Å². The van der Waals surface area contributed by atoms with Gasteiger partial charge in [-0.3, -0.25) is 0 Å². The van der Waals surface area contributed by atoms with Crippen molar-refractivity contribution in [1.29, 1.82) is 0 Å². The molecule has 8 aromatic carbocycles. The third kappa shape index (κ3) is 4.43. The fraction of sp³-hybridized carbons (Fsp3) is 0. The summed E-state index contributed by atoms with van der Waals surface area (Å²) >= 11 is 0. The maximum Gasteiger partial charge on any atom is 0.137 e. The van der Waals surface area contributed by atoms with Crippen molar-refractivity contribution >= 4 is 60.5 Å². The van der Waals surface area contributed by atoms with E-state index in [0.29, 0.717) is 0 Å². The summed E-state index contributed by atoms with van der Waals surface area (Å²) in [6.07, 6.45) is 0. The number of hydrogen-bond donors (Lipinski definition) is 0. The number of anilines is 3. The van der Waals surface area contributed by atoms with E-state index in [-0.39, 0.29) is 0 Å². The Hall–Kier alpha value is -6.12. The zero-order valence-electron chi connectivity index (χ0n) is 25.1. The fourth-order valence-electron chi connectivity index (χ4n) is 6.83. The molecule has 0 N–H and O–H groups in total. The first-order valence-corrected chi connectivity index (χ1v) is 15.7. The summed E-state index contributed by atoms with van der Waals surface area (Å²) in [4.78, 5) is 2.31. The number of rotatable bonds is 5. The zero-order chi connectivity index (χ0) is 30.5. The molecule has 0 saturated carbocycles. The first-order chi connectivity index (χ1) is 22.8. The van der Waals surface area contributed by atoms with Crippen LogP contribution in [0.25, 0.3) is 65.7 Å². The van der Waals surface area contributed by atoms with Crippen LogP contribution in [-0.2, 0) is 0 Å². The Balaban J connectivity index is 1.20. The number of fused-ring (bicyclic) bond motifs is 6. The van der Waals surface area contributed by atoms with Gasteiger partial charge in [0.1, 0.15) is 11.2 Å². The largest absolute Gasteiger partial charge is 0.456 e. The predicted molar refractivity (Wildman–Crippen MR) is 194 cm³/mol. The Labute approximate surface area is 267 Å². The molecule has 0 amide bonds. The Morgan fingerprint density at radius 1 is 0.348 bits per heavy atom. The highest BCUT2D eigenvalue weighted by Crippen LogP contribution is 2.43. The van der Waals surface area contributed by atoms with E-state index in [1.807, 2.05) is 0 Å². The summed E-state index contributed by atoms with van der Waals surface area (Å²) in [6, 6.07) is 62.6. The van der Waals surface area contributed by atoms with Crippen LogP contribution in [0.2, 0.25) is 0 Å². The van der Waals surface area contributed by atoms with E-state index in [9.17, 15) is 0 Å². The molecule has 2 heteroatoms. The van der Waals surface area contributed by atoms with Gasteiger partial charge in [0.2, 0.25) is 0 Å². The minimum atomic E-state index is 0.872. The van der Waals surface area contributed by atoms with Crippen molar-refractivity contribution in [2.45, 2.75) is 0 Å². The normalized spacial score (nSPS) is 11.5. The van der Waals surface area contributed by atoms with Gasteiger partial charge in [-0.05, 0) is 92.3 Å². The Morgan fingerprint density at radius 3 is 1.74 bits per heavy atom. The van der Waals surface area contributed by atoms with Gasteiger partial charge >= 0.3 is 0 Å². The molecule has 9 rings (SSSR count). The molecule has 0 aliphatic rings. The highest BCUT2D eigenvalue weighted by atomic mass is 16.3. The van der Waals surface area contributed by atoms with Gasteiger partial charge in [0.25, 0.3) is 0 Å². The topological polar surface area (TPSA) is 16.4 Å². The quantitative estimate of drug-likeness (QED) is 0.199. The molecule has 0 aliphatic carbocycles. The highest BCUT2D eigenvalue weighted by Gasteiger charge is 2.18. The van der Waals surface area contributed by atoms with Gasteiger partial charge in [-0.1, -0.05) is 121 Å². The highest BCUT2D eigenvalue weighted by molar-refractivity contribution is 6.22. The first kappa shape index (κ1) is 26.3. The first-order valence-electron chi connectivity index (χ1n) is 15.7. The van der Waals surface area contributed by atoms with E-state index in [1.54, 1.807) is 0 Å². The molecule has 216 valence electrons. The summed E-state index contributed by atoms with van der Waals surface area (Å²) < 4.78 is 6.68. The monoisotopic (exact) mass is 587 g/mol. The second kappa shape index (κ2) is 10.8. The van der Waals surface area contributed by atoms with Crippen molar-refractivity contribution in [2.24, 2.45) is 0 Å². The van der Waals surface area contributed by atoms with Crippen LogP contribution in [0.5, 0.6) is 0 Å². The minimum Gasteiger partial charge on any atom is -0.456 e. The molecule has 0 unspecified atom stereocenters. The van der Waals surface area contributed by atoms with Crippen LogP contribution in [-0.4, -0.2) is 0 Å². The predicted octanol–water partition coefficient (Wildman–Crippen LogP) is 12.7. The molecule has 0 saturated heterocycles. The van der Waals surface area contributed by atoms with Crippen LogP contribution in [0.1, 0.15) is 0 Å². The maximum absolute atomic E-state index is 6.68. The molecule has 46 heavy (non-hydrogen) atoms. The smallest absolute Gasteiger partial charge is 0.137 e. The number of benzene rings is 8. The van der Waals surface area contributed by atoms with Crippen molar-refractivity contribution in [3.8, 4) is 22.3 Å². The van der Waals surface area contributed by atoms with Crippen molar-refractivity contribution in [1.82, 2.24) is 0 Å². The Bertz CT molecular complexity index is 2510. The van der Waals surface area contributed by atoms with Gasteiger partial charge < -0.3 is 9.32 Å². The second-order valence-corrected chi connectivity index (χ2v) is 11.8. The lowest BCUT2D eigenvalue weighted by molar-refractivity contribution is 0.669. The lowest BCUT2D eigenvalue weighted by atomic mass is 9.95. The zero-order valence-corrected chi connectivity index (χ0v) is 25.1. The van der Waals surface area contributed by atoms with E-state index in [0.717, 1.165) is 39.0 Å². The van der Waals surface area contributed by atoms with Crippen LogP contribution in [0.4, 0.5) is 17.1 Å². The average molecular weight is 588 g/mol. The number of nitrogens with zero attached hydrogens (tertiary/aromatic N) is 1. The van der Waals surface area contributed by atoms with Gasteiger partial charge in [-0.2, -0.15) is 0 Å². The Morgan fingerprint density at radius 2 is 0.957 bits per heavy atom. The number of para-hydroxylation sites is 1. The molecule has 2 nitrogen and oxygen atoms in total. The third-order valence-corrected chi connectivity index (χ3v) is 9.01. The summed E-state index contributed by atoms with van der Waals surface area (Å²) in [7, 11) is 0.